The number of nitrogens with zero attached hydrogens (tertiary/aromatic N) is 1. The third-order valence-electron chi connectivity index (χ3n) is 2.21. The van der Waals surface area contributed by atoms with Gasteiger partial charge in [-0.05, 0) is 25.0 Å². The molecule has 0 saturated heterocycles. The van der Waals surface area contributed by atoms with Crippen LogP contribution in [0.25, 0.3) is 0 Å². The summed E-state index contributed by atoms with van der Waals surface area (Å²) in [6, 6.07) is 2.08. The third-order valence-corrected chi connectivity index (χ3v) is 2.21. The number of carbonyl (C=O) groups excluding carboxylic acids is 1. The van der Waals surface area contributed by atoms with Gasteiger partial charge < -0.3 is 15.6 Å². The molecule has 3 N–H and O–H groups in total. The second-order valence-electron chi connectivity index (χ2n) is 3.98. The second-order valence-corrected chi connectivity index (χ2v) is 3.98. The maximum Gasteiger partial charge on any atom is 0.220 e. The molecule has 0 bridgehead atoms. The molecule has 84 valence electrons. The minimum Gasteiger partial charge on any atom is -0.357 e. The lowest BCUT2D eigenvalue weighted by molar-refractivity contribution is -0.121. The van der Waals surface area contributed by atoms with Crippen LogP contribution in [0.5, 0.6) is 0 Å². The fourth-order valence-corrected chi connectivity index (χ4v) is 1.31. The first-order valence-electron chi connectivity index (χ1n) is 5.21. The summed E-state index contributed by atoms with van der Waals surface area (Å²) in [5.41, 5.74) is 6.69. The molecule has 1 aromatic rings. The van der Waals surface area contributed by atoms with Gasteiger partial charge in [-0.15, -0.1) is 0 Å². The zero-order valence-electron chi connectivity index (χ0n) is 9.36. The van der Waals surface area contributed by atoms with E-state index in [2.05, 4.69) is 5.32 Å². The molecule has 1 rings (SSSR count). The van der Waals surface area contributed by atoms with E-state index in [1.807, 2.05) is 37.0 Å². The fraction of sp³-hybridized carbons (Fsp3) is 0.545. The Kier molecular flexibility index (Phi) is 4.37. The Bertz CT molecular complexity index is 317. The molecule has 1 atom stereocenters. The van der Waals surface area contributed by atoms with Crippen molar-refractivity contribution in [2.45, 2.75) is 32.4 Å². The Morgan fingerprint density at radius 3 is 2.93 bits per heavy atom. The first-order valence-corrected chi connectivity index (χ1v) is 5.21. The molecule has 4 nitrogen and oxygen atoms in total. The molecule has 0 fully saturated rings. The zero-order valence-corrected chi connectivity index (χ0v) is 9.36. The molecule has 4 heteroatoms. The molecule has 1 aromatic heterocycles. The number of nitrogens with two attached hydrogens (primary N) is 1. The maximum atomic E-state index is 11.4. The first-order chi connectivity index (χ1) is 7.08. The molecular formula is C11H19N3O. The number of carbonyl (C=O) groups is 1. The van der Waals surface area contributed by atoms with Gasteiger partial charge in [0.05, 0.1) is 0 Å². The van der Waals surface area contributed by atoms with Crippen LogP contribution in [0, 0.1) is 0 Å². The van der Waals surface area contributed by atoms with Gasteiger partial charge in [0.2, 0.25) is 5.91 Å². The van der Waals surface area contributed by atoms with Crippen molar-refractivity contribution in [1.29, 1.82) is 0 Å². The van der Waals surface area contributed by atoms with Crippen LogP contribution in [-0.4, -0.2) is 16.5 Å². The molecule has 0 aliphatic rings. The van der Waals surface area contributed by atoms with Crippen LogP contribution in [0.2, 0.25) is 0 Å². The van der Waals surface area contributed by atoms with E-state index in [1.165, 1.54) is 0 Å². The largest absolute Gasteiger partial charge is 0.357 e. The van der Waals surface area contributed by atoms with E-state index >= 15 is 0 Å². The Hall–Kier alpha value is -1.29. The van der Waals surface area contributed by atoms with Crippen LogP contribution >= 0.6 is 0 Å². The van der Waals surface area contributed by atoms with Crippen molar-refractivity contribution >= 4 is 5.91 Å². The molecule has 0 saturated carbocycles. The maximum absolute atomic E-state index is 11.4. The molecule has 0 radical (unpaired) electrons. The van der Waals surface area contributed by atoms with Gasteiger partial charge in [-0.1, -0.05) is 0 Å². The number of aryl methyl sites for hydroxylation is 1. The van der Waals surface area contributed by atoms with E-state index in [4.69, 9.17) is 5.73 Å². The first kappa shape index (κ1) is 11.8. The van der Waals surface area contributed by atoms with Crippen molar-refractivity contribution < 1.29 is 4.79 Å². The summed E-state index contributed by atoms with van der Waals surface area (Å²) >= 11 is 0. The molecule has 1 heterocycles. The summed E-state index contributed by atoms with van der Waals surface area (Å²) < 4.78 is 1.96. The number of aromatic nitrogens is 1. The summed E-state index contributed by atoms with van der Waals surface area (Å²) in [6.07, 6.45) is 5.19. The van der Waals surface area contributed by atoms with Crippen LogP contribution in [0.4, 0.5) is 0 Å². The summed E-state index contributed by atoms with van der Waals surface area (Å²) in [4.78, 5) is 11.4. The molecule has 0 spiro atoms. The predicted molar refractivity (Wildman–Crippen MR) is 60.1 cm³/mol. The SMILES string of the molecule is CC(N)CCC(=O)NCc1ccn(C)c1. The van der Waals surface area contributed by atoms with E-state index in [9.17, 15) is 4.79 Å². The van der Waals surface area contributed by atoms with Crippen molar-refractivity contribution in [3.8, 4) is 0 Å². The number of amides is 1. The lowest BCUT2D eigenvalue weighted by Crippen LogP contribution is -2.25. The third kappa shape index (κ3) is 4.65. The lowest BCUT2D eigenvalue weighted by atomic mass is 10.2. The van der Waals surface area contributed by atoms with Gasteiger partial charge in [0.15, 0.2) is 0 Å². The predicted octanol–water partition coefficient (Wildman–Crippen LogP) is 0.769. The van der Waals surface area contributed by atoms with E-state index in [0.29, 0.717) is 13.0 Å². The van der Waals surface area contributed by atoms with Crippen LogP contribution in [0.15, 0.2) is 18.5 Å². The second kappa shape index (κ2) is 5.56. The molecule has 1 unspecified atom stereocenters. The normalized spacial score (nSPS) is 12.5. The number of rotatable bonds is 5. The topological polar surface area (TPSA) is 60.1 Å². The summed E-state index contributed by atoms with van der Waals surface area (Å²) in [7, 11) is 1.96. The average Bonchev–Trinajstić information content (AvgIpc) is 2.58. The van der Waals surface area contributed by atoms with E-state index in [1.54, 1.807) is 0 Å². The minimum atomic E-state index is 0.0659. The molecular weight excluding hydrogens is 190 g/mol. The zero-order chi connectivity index (χ0) is 11.3. The standard InChI is InChI=1S/C11H19N3O/c1-9(12)3-4-11(15)13-7-10-5-6-14(2)8-10/h5-6,8-9H,3-4,7,12H2,1-2H3,(H,13,15). The highest BCUT2D eigenvalue weighted by atomic mass is 16.1. The van der Waals surface area contributed by atoms with E-state index in [-0.39, 0.29) is 11.9 Å². The fourth-order valence-electron chi connectivity index (χ4n) is 1.31. The van der Waals surface area contributed by atoms with Crippen molar-refractivity contribution in [3.05, 3.63) is 24.0 Å². The van der Waals surface area contributed by atoms with Crippen molar-refractivity contribution in [2.24, 2.45) is 12.8 Å². The van der Waals surface area contributed by atoms with Crippen molar-refractivity contribution in [1.82, 2.24) is 9.88 Å². The highest BCUT2D eigenvalue weighted by Gasteiger charge is 2.03. The Balaban J connectivity index is 2.22. The van der Waals surface area contributed by atoms with Gasteiger partial charge >= 0.3 is 0 Å². The molecule has 0 aromatic carbocycles. The Labute approximate surface area is 90.5 Å². The van der Waals surface area contributed by atoms with Gasteiger partial charge in [-0.2, -0.15) is 0 Å². The summed E-state index contributed by atoms with van der Waals surface area (Å²) in [6.45, 7) is 2.50. The smallest absolute Gasteiger partial charge is 0.220 e. The van der Waals surface area contributed by atoms with Crippen LogP contribution in [0.1, 0.15) is 25.3 Å². The van der Waals surface area contributed by atoms with Crippen LogP contribution in [-0.2, 0) is 18.4 Å². The molecule has 15 heavy (non-hydrogen) atoms. The highest BCUT2D eigenvalue weighted by molar-refractivity contribution is 5.75. The van der Waals surface area contributed by atoms with Gasteiger partial charge in [0.1, 0.15) is 0 Å². The molecule has 1 amide bonds. The van der Waals surface area contributed by atoms with Gasteiger partial charge in [-0.3, -0.25) is 4.79 Å². The summed E-state index contributed by atoms with van der Waals surface area (Å²) in [5, 5.41) is 2.86. The Morgan fingerprint density at radius 1 is 1.67 bits per heavy atom. The van der Waals surface area contributed by atoms with E-state index in [0.717, 1.165) is 12.0 Å². The monoisotopic (exact) mass is 209 g/mol. The number of hydrogen-bond donors (Lipinski definition) is 2. The minimum absolute atomic E-state index is 0.0659. The van der Waals surface area contributed by atoms with Crippen LogP contribution < -0.4 is 11.1 Å². The quantitative estimate of drug-likeness (QED) is 0.752. The number of nitrogens with one attached hydrogen (secondary N) is 1. The van der Waals surface area contributed by atoms with E-state index < -0.39 is 0 Å². The van der Waals surface area contributed by atoms with Crippen molar-refractivity contribution in [3.63, 3.8) is 0 Å². The number of hydrogen-bond acceptors (Lipinski definition) is 2. The van der Waals surface area contributed by atoms with Gasteiger partial charge in [-0.25, -0.2) is 0 Å². The Morgan fingerprint density at radius 2 is 2.40 bits per heavy atom. The average molecular weight is 209 g/mol. The van der Waals surface area contributed by atoms with Crippen LogP contribution in [0.3, 0.4) is 0 Å². The van der Waals surface area contributed by atoms with Gasteiger partial charge in [0, 0.05) is 38.4 Å². The molecule has 0 aliphatic heterocycles. The van der Waals surface area contributed by atoms with Crippen molar-refractivity contribution in [2.75, 3.05) is 0 Å². The molecule has 0 aliphatic carbocycles. The lowest BCUT2D eigenvalue weighted by Gasteiger charge is -2.05. The highest BCUT2D eigenvalue weighted by Crippen LogP contribution is 1.99. The summed E-state index contributed by atoms with van der Waals surface area (Å²) in [5.74, 6) is 0.0659. The van der Waals surface area contributed by atoms with Gasteiger partial charge in [0.25, 0.3) is 0 Å².